The van der Waals surface area contributed by atoms with Crippen LogP contribution in [0.3, 0.4) is 0 Å². The maximum absolute atomic E-state index is 12.0. The van der Waals surface area contributed by atoms with E-state index in [0.717, 1.165) is 6.26 Å². The molecule has 0 saturated heterocycles. The van der Waals surface area contributed by atoms with Crippen molar-refractivity contribution in [2.75, 3.05) is 12.8 Å². The minimum atomic E-state index is -4.09. The van der Waals surface area contributed by atoms with E-state index in [2.05, 4.69) is 0 Å². The molecule has 20 heavy (non-hydrogen) atoms. The summed E-state index contributed by atoms with van der Waals surface area (Å²) in [6, 6.07) is 2.68. The van der Waals surface area contributed by atoms with E-state index in [1.165, 1.54) is 19.1 Å². The highest BCUT2D eigenvalue weighted by atomic mass is 32.2. The third kappa shape index (κ3) is 3.78. The highest BCUT2D eigenvalue weighted by molar-refractivity contribution is 7.91. The highest BCUT2D eigenvalue weighted by Gasteiger charge is 2.23. The van der Waals surface area contributed by atoms with Crippen LogP contribution in [-0.4, -0.2) is 40.7 Å². The van der Waals surface area contributed by atoms with Gasteiger partial charge in [0.05, 0.1) is 9.79 Å². The zero-order valence-electron chi connectivity index (χ0n) is 11.2. The van der Waals surface area contributed by atoms with Crippen LogP contribution in [0, 0.1) is 13.8 Å². The van der Waals surface area contributed by atoms with E-state index in [1.54, 1.807) is 6.92 Å². The molecule has 0 bridgehead atoms. The fourth-order valence-electron chi connectivity index (χ4n) is 1.69. The normalized spacial score (nSPS) is 12.3. The van der Waals surface area contributed by atoms with Crippen molar-refractivity contribution in [3.8, 4) is 0 Å². The number of carbonyl (C=O) groups is 1. The summed E-state index contributed by atoms with van der Waals surface area (Å²) in [7, 11) is -7.67. The summed E-state index contributed by atoms with van der Waals surface area (Å²) in [6.07, 6.45) is 0.982. The summed E-state index contributed by atoms with van der Waals surface area (Å²) >= 11 is 0. The Kier molecular flexibility index (Phi) is 4.57. The van der Waals surface area contributed by atoms with E-state index in [-0.39, 0.29) is 15.4 Å². The molecule has 0 aliphatic carbocycles. The average molecular weight is 321 g/mol. The smallest absolute Gasteiger partial charge is 0.318 e. The quantitative estimate of drug-likeness (QED) is 0.792. The van der Waals surface area contributed by atoms with E-state index in [1.807, 2.05) is 4.72 Å². The summed E-state index contributed by atoms with van der Waals surface area (Å²) in [6.45, 7) is 2.15. The predicted molar refractivity (Wildman–Crippen MR) is 71.9 cm³/mol. The lowest BCUT2D eigenvalue weighted by molar-refractivity contribution is -0.135. The van der Waals surface area contributed by atoms with E-state index in [9.17, 15) is 21.6 Å². The Labute approximate surface area is 117 Å². The van der Waals surface area contributed by atoms with Gasteiger partial charge in [-0.2, -0.15) is 4.72 Å². The molecule has 0 heterocycles. The number of hydrogen-bond donors (Lipinski definition) is 2. The molecule has 0 amide bonds. The zero-order chi connectivity index (χ0) is 15.7. The number of aryl methyl sites for hydroxylation is 1. The Balaban J connectivity index is 3.47. The average Bonchev–Trinajstić information content (AvgIpc) is 2.27. The molecule has 0 atom stereocenters. The van der Waals surface area contributed by atoms with Crippen molar-refractivity contribution < 1.29 is 26.7 Å². The first-order valence-corrected chi connectivity index (χ1v) is 8.85. The number of rotatable bonds is 5. The van der Waals surface area contributed by atoms with Gasteiger partial charge in [0.25, 0.3) is 0 Å². The number of carboxylic acids is 1. The first kappa shape index (κ1) is 16.6. The van der Waals surface area contributed by atoms with Crippen LogP contribution in [0.1, 0.15) is 11.1 Å². The summed E-state index contributed by atoms with van der Waals surface area (Å²) in [5.74, 6) is -1.33. The first-order valence-electron chi connectivity index (χ1n) is 5.48. The van der Waals surface area contributed by atoms with Crippen LogP contribution in [-0.2, 0) is 24.7 Å². The number of nitrogens with one attached hydrogen (secondary N) is 1. The van der Waals surface area contributed by atoms with Crippen LogP contribution in [0.2, 0.25) is 0 Å². The molecule has 0 fully saturated rings. The third-order valence-corrected chi connectivity index (χ3v) is 5.31. The van der Waals surface area contributed by atoms with Gasteiger partial charge in [-0.25, -0.2) is 16.8 Å². The fourth-order valence-corrected chi connectivity index (χ4v) is 4.15. The van der Waals surface area contributed by atoms with E-state index < -0.39 is 32.4 Å². The molecule has 0 unspecified atom stereocenters. The van der Waals surface area contributed by atoms with Crippen molar-refractivity contribution in [1.29, 1.82) is 0 Å². The molecule has 9 heteroatoms. The van der Waals surface area contributed by atoms with Gasteiger partial charge in [0, 0.05) is 6.26 Å². The second-order valence-electron chi connectivity index (χ2n) is 4.38. The Morgan fingerprint density at radius 2 is 1.65 bits per heavy atom. The second kappa shape index (κ2) is 5.51. The topological polar surface area (TPSA) is 118 Å². The fraction of sp³-hybridized carbons (Fsp3) is 0.364. The van der Waals surface area contributed by atoms with Crippen LogP contribution in [0.25, 0.3) is 0 Å². The second-order valence-corrected chi connectivity index (χ2v) is 8.10. The molecule has 0 aliphatic heterocycles. The summed E-state index contributed by atoms with van der Waals surface area (Å²) in [5.41, 5.74) is 0.516. The van der Waals surface area contributed by atoms with Crippen LogP contribution < -0.4 is 4.72 Å². The molecule has 1 rings (SSSR count). The molecular formula is C11H15NO6S2. The number of sulfone groups is 1. The largest absolute Gasteiger partial charge is 0.480 e. The molecule has 0 spiro atoms. The van der Waals surface area contributed by atoms with Crippen LogP contribution in [0.5, 0.6) is 0 Å². The van der Waals surface area contributed by atoms with Crippen molar-refractivity contribution >= 4 is 25.8 Å². The number of hydrogen-bond acceptors (Lipinski definition) is 5. The van der Waals surface area contributed by atoms with Crippen LogP contribution >= 0.6 is 0 Å². The van der Waals surface area contributed by atoms with Crippen molar-refractivity contribution in [3.05, 3.63) is 23.3 Å². The summed E-state index contributed by atoms with van der Waals surface area (Å²) in [5, 5.41) is 8.51. The van der Waals surface area contributed by atoms with E-state index in [0.29, 0.717) is 5.56 Å². The molecule has 0 radical (unpaired) electrons. The van der Waals surface area contributed by atoms with Crippen molar-refractivity contribution in [2.24, 2.45) is 0 Å². The molecule has 7 nitrogen and oxygen atoms in total. The molecule has 2 N–H and O–H groups in total. The van der Waals surface area contributed by atoms with Gasteiger partial charge in [-0.05, 0) is 37.1 Å². The number of sulfonamides is 1. The first-order chi connectivity index (χ1) is 8.95. The number of aliphatic carboxylic acids is 1. The van der Waals surface area contributed by atoms with E-state index >= 15 is 0 Å². The molecular weight excluding hydrogens is 306 g/mol. The lowest BCUT2D eigenvalue weighted by Gasteiger charge is -2.12. The molecule has 0 aliphatic rings. The predicted octanol–water partition coefficient (Wildman–Crippen LogP) is 0.0698. The van der Waals surface area contributed by atoms with Gasteiger partial charge < -0.3 is 5.11 Å². The van der Waals surface area contributed by atoms with Gasteiger partial charge in [-0.15, -0.1) is 0 Å². The van der Waals surface area contributed by atoms with E-state index in [4.69, 9.17) is 5.11 Å². The van der Waals surface area contributed by atoms with Crippen molar-refractivity contribution in [3.63, 3.8) is 0 Å². The van der Waals surface area contributed by atoms with Gasteiger partial charge in [0.2, 0.25) is 10.0 Å². The van der Waals surface area contributed by atoms with Crippen LogP contribution in [0.4, 0.5) is 0 Å². The molecule has 1 aromatic carbocycles. The number of benzene rings is 1. The van der Waals surface area contributed by atoms with Crippen molar-refractivity contribution in [1.82, 2.24) is 4.72 Å². The maximum Gasteiger partial charge on any atom is 0.318 e. The monoisotopic (exact) mass is 321 g/mol. The Morgan fingerprint density at radius 1 is 1.15 bits per heavy atom. The molecule has 0 saturated carbocycles. The highest BCUT2D eigenvalue weighted by Crippen LogP contribution is 2.24. The van der Waals surface area contributed by atoms with Gasteiger partial charge in [0.15, 0.2) is 9.84 Å². The third-order valence-electron chi connectivity index (χ3n) is 2.56. The van der Waals surface area contributed by atoms with Gasteiger partial charge in [0.1, 0.15) is 6.54 Å². The molecule has 112 valence electrons. The van der Waals surface area contributed by atoms with Crippen LogP contribution in [0.15, 0.2) is 21.9 Å². The zero-order valence-corrected chi connectivity index (χ0v) is 12.8. The maximum atomic E-state index is 12.0. The molecule has 1 aromatic rings. The lowest BCUT2D eigenvalue weighted by atomic mass is 10.2. The number of carboxylic acid groups (broad SMARTS) is 1. The lowest BCUT2D eigenvalue weighted by Crippen LogP contribution is -2.30. The van der Waals surface area contributed by atoms with Gasteiger partial charge >= 0.3 is 5.97 Å². The molecule has 0 aromatic heterocycles. The Hall–Kier alpha value is -1.45. The SMILES string of the molecule is Cc1cc(S(C)(=O)=O)c(C)c(S(=O)(=O)NCC(=O)O)c1. The van der Waals surface area contributed by atoms with Crippen molar-refractivity contribution in [2.45, 2.75) is 23.6 Å². The Morgan fingerprint density at radius 3 is 2.10 bits per heavy atom. The minimum absolute atomic E-state index is 0.0657. The summed E-state index contributed by atoms with van der Waals surface area (Å²) < 4.78 is 49.2. The standard InChI is InChI=1S/C11H15NO6S2/c1-7-4-9(19(3,15)16)8(2)10(5-7)20(17,18)12-6-11(13)14/h4-5,12H,6H2,1-3H3,(H,13,14). The Bertz CT molecular complexity index is 749. The summed E-state index contributed by atoms with van der Waals surface area (Å²) in [4.78, 5) is 10.1. The van der Waals surface area contributed by atoms with Gasteiger partial charge in [-0.3, -0.25) is 4.79 Å². The van der Waals surface area contributed by atoms with Gasteiger partial charge in [-0.1, -0.05) is 0 Å². The minimum Gasteiger partial charge on any atom is -0.480 e.